The van der Waals surface area contributed by atoms with Gasteiger partial charge >= 0.3 is 0 Å². The Balaban J connectivity index is 1.84. The van der Waals surface area contributed by atoms with Crippen LogP contribution in [0.15, 0.2) is 24.3 Å². The first kappa shape index (κ1) is 27.0. The SMILES string of the molecule is COc1ccc(CNC(=O)[C@H](NC(=O)C2CCN(C(=O)[C@H](N)CCSC)CC2)C(C)C)cc1. The summed E-state index contributed by atoms with van der Waals surface area (Å²) in [7, 11) is 1.61. The van der Waals surface area contributed by atoms with Gasteiger partial charge in [0.1, 0.15) is 11.8 Å². The van der Waals surface area contributed by atoms with Crippen LogP contribution in [0.3, 0.4) is 0 Å². The highest BCUT2D eigenvalue weighted by Gasteiger charge is 2.32. The van der Waals surface area contributed by atoms with Crippen molar-refractivity contribution in [2.24, 2.45) is 17.6 Å². The lowest BCUT2D eigenvalue weighted by Gasteiger charge is -2.33. The van der Waals surface area contributed by atoms with Crippen molar-refractivity contribution in [1.82, 2.24) is 15.5 Å². The third kappa shape index (κ3) is 8.23. The molecule has 4 N–H and O–H groups in total. The highest BCUT2D eigenvalue weighted by molar-refractivity contribution is 7.98. The molecule has 1 aromatic carbocycles. The number of hydrogen-bond acceptors (Lipinski definition) is 6. The van der Waals surface area contributed by atoms with E-state index < -0.39 is 12.1 Å². The quantitative estimate of drug-likeness (QED) is 0.447. The van der Waals surface area contributed by atoms with E-state index in [0.717, 1.165) is 17.1 Å². The van der Waals surface area contributed by atoms with Crippen LogP contribution in [0.4, 0.5) is 0 Å². The Kier molecular flexibility index (Phi) is 11.0. The zero-order valence-corrected chi connectivity index (χ0v) is 21.0. The normalized spacial score (nSPS) is 16.2. The van der Waals surface area contributed by atoms with Gasteiger partial charge in [-0.15, -0.1) is 0 Å². The molecule has 1 heterocycles. The molecule has 2 rings (SSSR count). The number of nitrogens with two attached hydrogens (primary N) is 1. The van der Waals surface area contributed by atoms with Crippen LogP contribution in [-0.4, -0.2) is 66.9 Å². The number of piperidine rings is 1. The number of carbonyl (C=O) groups excluding carboxylic acids is 3. The van der Waals surface area contributed by atoms with Gasteiger partial charge in [-0.2, -0.15) is 11.8 Å². The molecule has 0 radical (unpaired) electrons. The maximum absolute atomic E-state index is 12.9. The summed E-state index contributed by atoms with van der Waals surface area (Å²) in [6.45, 7) is 5.23. The highest BCUT2D eigenvalue weighted by Crippen LogP contribution is 2.19. The first-order valence-corrected chi connectivity index (χ1v) is 12.9. The van der Waals surface area contributed by atoms with Crippen LogP contribution in [0.2, 0.25) is 0 Å². The van der Waals surface area contributed by atoms with E-state index in [1.165, 1.54) is 0 Å². The van der Waals surface area contributed by atoms with E-state index in [2.05, 4.69) is 10.6 Å². The lowest BCUT2D eigenvalue weighted by molar-refractivity contribution is -0.137. The van der Waals surface area contributed by atoms with Gasteiger partial charge in [-0.3, -0.25) is 14.4 Å². The van der Waals surface area contributed by atoms with Gasteiger partial charge in [-0.1, -0.05) is 26.0 Å². The molecule has 8 nitrogen and oxygen atoms in total. The third-order valence-corrected chi connectivity index (χ3v) is 6.64. The summed E-state index contributed by atoms with van der Waals surface area (Å²) in [5.74, 6) is 0.956. The molecule has 0 aromatic heterocycles. The molecule has 1 aliphatic rings. The lowest BCUT2D eigenvalue weighted by Crippen LogP contribution is -2.53. The van der Waals surface area contributed by atoms with Gasteiger partial charge in [0.05, 0.1) is 13.2 Å². The van der Waals surface area contributed by atoms with E-state index in [-0.39, 0.29) is 29.6 Å². The minimum Gasteiger partial charge on any atom is -0.497 e. The molecule has 0 saturated carbocycles. The first-order valence-electron chi connectivity index (χ1n) is 11.5. The van der Waals surface area contributed by atoms with Gasteiger partial charge in [0.15, 0.2) is 0 Å². The molecule has 33 heavy (non-hydrogen) atoms. The highest BCUT2D eigenvalue weighted by atomic mass is 32.2. The Morgan fingerprint density at radius 3 is 2.36 bits per heavy atom. The second-order valence-electron chi connectivity index (χ2n) is 8.78. The molecule has 1 fully saturated rings. The molecule has 9 heteroatoms. The van der Waals surface area contributed by atoms with Crippen molar-refractivity contribution in [3.63, 3.8) is 0 Å². The number of hydrogen-bond donors (Lipinski definition) is 3. The van der Waals surface area contributed by atoms with Crippen LogP contribution in [-0.2, 0) is 20.9 Å². The molecule has 3 amide bonds. The summed E-state index contributed by atoms with van der Waals surface area (Å²) < 4.78 is 5.15. The summed E-state index contributed by atoms with van der Waals surface area (Å²) in [4.78, 5) is 39.9. The van der Waals surface area contributed by atoms with Crippen LogP contribution >= 0.6 is 11.8 Å². The zero-order valence-electron chi connectivity index (χ0n) is 20.1. The van der Waals surface area contributed by atoms with Crippen molar-refractivity contribution in [3.05, 3.63) is 29.8 Å². The van der Waals surface area contributed by atoms with Crippen LogP contribution in [0.1, 0.15) is 38.7 Å². The molecule has 0 aliphatic carbocycles. The largest absolute Gasteiger partial charge is 0.497 e. The molecular weight excluding hydrogens is 440 g/mol. The summed E-state index contributed by atoms with van der Waals surface area (Å²) >= 11 is 1.67. The minimum absolute atomic E-state index is 0.0409. The Labute approximate surface area is 201 Å². The summed E-state index contributed by atoms with van der Waals surface area (Å²) in [5, 5.41) is 5.85. The Morgan fingerprint density at radius 1 is 1.18 bits per heavy atom. The van der Waals surface area contributed by atoms with Crippen LogP contribution < -0.4 is 21.1 Å². The van der Waals surface area contributed by atoms with Gasteiger partial charge in [0.25, 0.3) is 0 Å². The Hall–Kier alpha value is -2.26. The van der Waals surface area contributed by atoms with Crippen LogP contribution in [0.5, 0.6) is 5.75 Å². The van der Waals surface area contributed by atoms with Crippen LogP contribution in [0.25, 0.3) is 0 Å². The fourth-order valence-corrected chi connectivity index (χ4v) is 4.30. The maximum atomic E-state index is 12.9. The molecule has 1 aromatic rings. The molecule has 1 aliphatic heterocycles. The number of benzene rings is 1. The smallest absolute Gasteiger partial charge is 0.243 e. The number of thioether (sulfide) groups is 1. The number of amides is 3. The number of rotatable bonds is 11. The van der Waals surface area contributed by atoms with Gasteiger partial charge in [-0.25, -0.2) is 0 Å². The average Bonchev–Trinajstić information content (AvgIpc) is 2.83. The van der Waals surface area contributed by atoms with Gasteiger partial charge in [-0.05, 0) is 54.9 Å². The fourth-order valence-electron chi connectivity index (χ4n) is 3.81. The summed E-state index contributed by atoms with van der Waals surface area (Å²) in [6.07, 6.45) is 3.80. The predicted molar refractivity (Wildman–Crippen MR) is 132 cm³/mol. The van der Waals surface area contributed by atoms with Crippen molar-refractivity contribution in [3.8, 4) is 5.75 Å². The standard InChI is InChI=1S/C24H38N4O4S/c1-16(2)21(23(30)26-15-17-5-7-19(32-3)8-6-17)27-22(29)18-9-12-28(13-10-18)24(31)20(25)11-14-33-4/h5-8,16,18,20-21H,9-15,25H2,1-4H3,(H,26,30)(H,27,29)/t20-,21-/m1/s1. The first-order chi connectivity index (χ1) is 15.8. The zero-order chi connectivity index (χ0) is 24.4. The molecule has 0 unspecified atom stereocenters. The van der Waals surface area contributed by atoms with Crippen molar-refractivity contribution in [1.29, 1.82) is 0 Å². The monoisotopic (exact) mass is 478 g/mol. The van der Waals surface area contributed by atoms with Crippen molar-refractivity contribution in [2.75, 3.05) is 32.2 Å². The third-order valence-electron chi connectivity index (χ3n) is 6.00. The number of likely N-dealkylation sites (tertiary alicyclic amines) is 1. The summed E-state index contributed by atoms with van der Waals surface area (Å²) in [5.41, 5.74) is 6.96. The van der Waals surface area contributed by atoms with E-state index in [9.17, 15) is 14.4 Å². The van der Waals surface area contributed by atoms with Crippen LogP contribution in [0, 0.1) is 11.8 Å². The van der Waals surface area contributed by atoms with Gasteiger partial charge in [0.2, 0.25) is 17.7 Å². The Morgan fingerprint density at radius 2 is 1.82 bits per heavy atom. The van der Waals surface area contributed by atoms with E-state index in [1.54, 1.807) is 23.8 Å². The van der Waals surface area contributed by atoms with Gasteiger partial charge < -0.3 is 26.0 Å². The molecule has 0 spiro atoms. The number of carbonyl (C=O) groups is 3. The molecule has 0 bridgehead atoms. The maximum Gasteiger partial charge on any atom is 0.243 e. The fraction of sp³-hybridized carbons (Fsp3) is 0.625. The molecule has 1 saturated heterocycles. The molecule has 184 valence electrons. The topological polar surface area (TPSA) is 114 Å². The van der Waals surface area contributed by atoms with E-state index >= 15 is 0 Å². The summed E-state index contributed by atoms with van der Waals surface area (Å²) in [6, 6.07) is 6.37. The second kappa shape index (κ2) is 13.4. The number of methoxy groups -OCH3 is 1. The number of nitrogens with one attached hydrogen (secondary N) is 2. The van der Waals surface area contributed by atoms with Crippen molar-refractivity contribution >= 4 is 29.5 Å². The molecular formula is C24H38N4O4S. The second-order valence-corrected chi connectivity index (χ2v) is 9.77. The number of ether oxygens (including phenoxy) is 1. The van der Waals surface area contributed by atoms with E-state index in [4.69, 9.17) is 10.5 Å². The average molecular weight is 479 g/mol. The number of nitrogens with zero attached hydrogens (tertiary/aromatic N) is 1. The predicted octanol–water partition coefficient (Wildman–Crippen LogP) is 1.77. The van der Waals surface area contributed by atoms with E-state index in [1.807, 2.05) is 44.4 Å². The lowest BCUT2D eigenvalue weighted by atomic mass is 9.94. The van der Waals surface area contributed by atoms with Crippen molar-refractivity contribution in [2.45, 2.75) is 51.7 Å². The Bertz CT molecular complexity index is 779. The minimum atomic E-state index is -0.615. The molecule has 2 atom stereocenters. The van der Waals surface area contributed by atoms with Gasteiger partial charge in [0, 0.05) is 25.6 Å². The van der Waals surface area contributed by atoms with E-state index in [0.29, 0.717) is 38.9 Å². The van der Waals surface area contributed by atoms with Crippen molar-refractivity contribution < 1.29 is 19.1 Å².